The van der Waals surface area contributed by atoms with Gasteiger partial charge < -0.3 is 10.6 Å². The summed E-state index contributed by atoms with van der Waals surface area (Å²) in [5.41, 5.74) is 2.64. The SMILES string of the molecule is O=C(CC(NC(=S)Nc1ccccc1)c1ccccc1)c1ccccc1. The molecule has 3 aromatic carbocycles. The molecule has 0 fully saturated rings. The van der Waals surface area contributed by atoms with E-state index in [4.69, 9.17) is 12.2 Å². The summed E-state index contributed by atoms with van der Waals surface area (Å²) >= 11 is 5.45. The van der Waals surface area contributed by atoms with Crippen LogP contribution in [0.15, 0.2) is 91.0 Å². The van der Waals surface area contributed by atoms with E-state index >= 15 is 0 Å². The minimum atomic E-state index is -0.201. The van der Waals surface area contributed by atoms with E-state index in [1.165, 1.54) is 0 Å². The average Bonchev–Trinajstić information content (AvgIpc) is 2.69. The van der Waals surface area contributed by atoms with Gasteiger partial charge in [-0.05, 0) is 29.9 Å². The van der Waals surface area contributed by atoms with Crippen molar-refractivity contribution < 1.29 is 4.79 Å². The zero-order valence-electron chi connectivity index (χ0n) is 14.3. The van der Waals surface area contributed by atoms with Crippen LogP contribution in [0.2, 0.25) is 0 Å². The molecule has 2 N–H and O–H groups in total. The molecular weight excluding hydrogens is 340 g/mol. The molecule has 0 amide bonds. The Balaban J connectivity index is 1.73. The van der Waals surface area contributed by atoms with Crippen molar-refractivity contribution >= 4 is 28.8 Å². The van der Waals surface area contributed by atoms with Gasteiger partial charge in [0.05, 0.1) is 6.04 Å². The third-order valence-corrected chi connectivity index (χ3v) is 4.24. The van der Waals surface area contributed by atoms with E-state index < -0.39 is 0 Å². The summed E-state index contributed by atoms with van der Waals surface area (Å²) in [5.74, 6) is 0.0782. The Morgan fingerprint density at radius 1 is 0.808 bits per heavy atom. The summed E-state index contributed by atoms with van der Waals surface area (Å²) < 4.78 is 0. The number of rotatable bonds is 6. The fourth-order valence-corrected chi connectivity index (χ4v) is 2.97. The Morgan fingerprint density at radius 2 is 1.35 bits per heavy atom. The summed E-state index contributed by atoms with van der Waals surface area (Å²) in [6.07, 6.45) is 0.324. The molecule has 3 rings (SSSR count). The van der Waals surface area contributed by atoms with Crippen LogP contribution in [-0.4, -0.2) is 10.9 Å². The summed E-state index contributed by atoms with van der Waals surface area (Å²) in [7, 11) is 0. The number of benzene rings is 3. The van der Waals surface area contributed by atoms with Gasteiger partial charge in [0, 0.05) is 17.7 Å². The molecule has 130 valence electrons. The monoisotopic (exact) mass is 360 g/mol. The van der Waals surface area contributed by atoms with Crippen molar-refractivity contribution in [3.8, 4) is 0 Å². The number of carbonyl (C=O) groups excluding carboxylic acids is 1. The maximum atomic E-state index is 12.7. The van der Waals surface area contributed by atoms with Gasteiger partial charge in [0.2, 0.25) is 0 Å². The van der Waals surface area contributed by atoms with Gasteiger partial charge in [-0.1, -0.05) is 78.9 Å². The van der Waals surface area contributed by atoms with E-state index in [1.807, 2.05) is 91.0 Å². The molecule has 0 heterocycles. The lowest BCUT2D eigenvalue weighted by Gasteiger charge is -2.21. The number of thiocarbonyl (C=S) groups is 1. The van der Waals surface area contributed by atoms with Crippen molar-refractivity contribution in [2.45, 2.75) is 12.5 Å². The average molecular weight is 360 g/mol. The van der Waals surface area contributed by atoms with Crippen molar-refractivity contribution in [2.24, 2.45) is 0 Å². The van der Waals surface area contributed by atoms with Crippen LogP contribution in [0.25, 0.3) is 0 Å². The molecule has 3 nitrogen and oxygen atoms in total. The number of nitrogens with one attached hydrogen (secondary N) is 2. The predicted octanol–water partition coefficient (Wildman–Crippen LogP) is 4.99. The van der Waals surface area contributed by atoms with Gasteiger partial charge in [0.1, 0.15) is 0 Å². The minimum absolute atomic E-state index is 0.0782. The first-order valence-corrected chi connectivity index (χ1v) is 8.89. The largest absolute Gasteiger partial charge is 0.355 e. The van der Waals surface area contributed by atoms with Crippen LogP contribution in [0, 0.1) is 0 Å². The van der Waals surface area contributed by atoms with Gasteiger partial charge >= 0.3 is 0 Å². The zero-order chi connectivity index (χ0) is 18.2. The Morgan fingerprint density at radius 3 is 1.96 bits per heavy atom. The van der Waals surface area contributed by atoms with E-state index in [0.29, 0.717) is 17.1 Å². The molecule has 4 heteroatoms. The van der Waals surface area contributed by atoms with Gasteiger partial charge in [-0.3, -0.25) is 4.79 Å². The molecule has 3 aromatic rings. The lowest BCUT2D eigenvalue weighted by molar-refractivity contribution is 0.0971. The quantitative estimate of drug-likeness (QED) is 0.480. The fourth-order valence-electron chi connectivity index (χ4n) is 2.71. The van der Waals surface area contributed by atoms with Crippen LogP contribution in [-0.2, 0) is 0 Å². The molecule has 0 aliphatic carbocycles. The lowest BCUT2D eigenvalue weighted by Crippen LogP contribution is -2.33. The molecule has 0 bridgehead atoms. The highest BCUT2D eigenvalue weighted by atomic mass is 32.1. The molecule has 0 radical (unpaired) electrons. The first-order chi connectivity index (χ1) is 12.7. The Kier molecular flexibility index (Phi) is 6.12. The van der Waals surface area contributed by atoms with Gasteiger partial charge in [-0.25, -0.2) is 0 Å². The Bertz CT molecular complexity index is 851. The topological polar surface area (TPSA) is 41.1 Å². The second kappa shape index (κ2) is 8.92. The van der Waals surface area contributed by atoms with Crippen molar-refractivity contribution in [3.63, 3.8) is 0 Å². The number of hydrogen-bond acceptors (Lipinski definition) is 2. The number of ketones is 1. The Hall–Kier alpha value is -2.98. The van der Waals surface area contributed by atoms with Crippen molar-refractivity contribution in [1.29, 1.82) is 0 Å². The Labute approximate surface area is 159 Å². The predicted molar refractivity (Wildman–Crippen MR) is 110 cm³/mol. The maximum absolute atomic E-state index is 12.7. The summed E-state index contributed by atoms with van der Waals surface area (Å²) in [6.45, 7) is 0. The van der Waals surface area contributed by atoms with E-state index in [0.717, 1.165) is 11.3 Å². The molecular formula is C22H20N2OS. The highest BCUT2D eigenvalue weighted by Crippen LogP contribution is 2.20. The van der Waals surface area contributed by atoms with Crippen LogP contribution in [0.5, 0.6) is 0 Å². The molecule has 0 aliphatic rings. The van der Waals surface area contributed by atoms with Crippen LogP contribution >= 0.6 is 12.2 Å². The second-order valence-corrected chi connectivity index (χ2v) is 6.33. The van der Waals surface area contributed by atoms with Gasteiger partial charge in [-0.2, -0.15) is 0 Å². The molecule has 0 aromatic heterocycles. The first-order valence-electron chi connectivity index (χ1n) is 8.48. The van der Waals surface area contributed by atoms with Crippen molar-refractivity contribution in [3.05, 3.63) is 102 Å². The molecule has 26 heavy (non-hydrogen) atoms. The second-order valence-electron chi connectivity index (χ2n) is 5.92. The van der Waals surface area contributed by atoms with E-state index in [1.54, 1.807) is 0 Å². The zero-order valence-corrected chi connectivity index (χ0v) is 15.1. The van der Waals surface area contributed by atoms with Crippen LogP contribution in [0.3, 0.4) is 0 Å². The standard InChI is InChI=1S/C22H20N2OS/c25-21(18-12-6-2-7-13-18)16-20(17-10-4-1-5-11-17)24-22(26)23-19-14-8-3-9-15-19/h1-15,20H,16H2,(H2,23,24,26). The highest BCUT2D eigenvalue weighted by Gasteiger charge is 2.18. The molecule has 0 saturated heterocycles. The number of carbonyl (C=O) groups is 1. The van der Waals surface area contributed by atoms with E-state index in [9.17, 15) is 4.79 Å². The van der Waals surface area contributed by atoms with Gasteiger partial charge in [0.15, 0.2) is 10.9 Å². The van der Waals surface area contributed by atoms with Crippen LogP contribution in [0.1, 0.15) is 28.4 Å². The third kappa shape index (κ3) is 5.01. The number of anilines is 1. The number of Topliss-reactive ketones (excluding diaryl/α,β-unsaturated/α-hetero) is 1. The number of hydrogen-bond donors (Lipinski definition) is 2. The normalized spacial score (nSPS) is 11.4. The molecule has 0 aliphatic heterocycles. The van der Waals surface area contributed by atoms with Gasteiger partial charge in [0.25, 0.3) is 0 Å². The first kappa shape index (κ1) is 17.8. The van der Waals surface area contributed by atoms with Crippen molar-refractivity contribution in [1.82, 2.24) is 5.32 Å². The van der Waals surface area contributed by atoms with Crippen LogP contribution in [0.4, 0.5) is 5.69 Å². The third-order valence-electron chi connectivity index (χ3n) is 4.02. The van der Waals surface area contributed by atoms with E-state index in [-0.39, 0.29) is 11.8 Å². The molecule has 0 saturated carbocycles. The van der Waals surface area contributed by atoms with Gasteiger partial charge in [-0.15, -0.1) is 0 Å². The highest BCUT2D eigenvalue weighted by molar-refractivity contribution is 7.80. The minimum Gasteiger partial charge on any atom is -0.355 e. The molecule has 1 atom stereocenters. The summed E-state index contributed by atoms with van der Waals surface area (Å²) in [5, 5.41) is 6.94. The smallest absolute Gasteiger partial charge is 0.171 e. The fraction of sp³-hybridized carbons (Fsp3) is 0.0909. The summed E-state index contributed by atoms with van der Waals surface area (Å²) in [6, 6.07) is 28.7. The van der Waals surface area contributed by atoms with Crippen molar-refractivity contribution in [2.75, 3.05) is 5.32 Å². The molecule has 1 unspecified atom stereocenters. The summed E-state index contributed by atoms with van der Waals surface area (Å²) in [4.78, 5) is 12.7. The van der Waals surface area contributed by atoms with E-state index in [2.05, 4.69) is 10.6 Å². The molecule has 0 spiro atoms. The number of para-hydroxylation sites is 1. The van der Waals surface area contributed by atoms with Crippen LogP contribution < -0.4 is 10.6 Å². The maximum Gasteiger partial charge on any atom is 0.171 e. The lowest BCUT2D eigenvalue weighted by atomic mass is 9.98.